The average Bonchev–Trinajstić information content (AvgIpc) is 3.32. The van der Waals surface area contributed by atoms with Crippen LogP contribution in [0.3, 0.4) is 0 Å². The molecule has 1 aliphatic rings. The van der Waals surface area contributed by atoms with E-state index in [0.717, 1.165) is 18.8 Å². The Kier molecular flexibility index (Phi) is 7.02. The van der Waals surface area contributed by atoms with Crippen molar-refractivity contribution in [2.45, 2.75) is 6.54 Å². The molecule has 1 aromatic carbocycles. The molecule has 4 rings (SSSR count). The molecule has 0 atom stereocenters. The number of morpholine rings is 1. The summed E-state index contributed by atoms with van der Waals surface area (Å²) >= 11 is 6.03. The number of pyridine rings is 1. The van der Waals surface area contributed by atoms with Crippen LogP contribution in [0.1, 0.15) is 32.1 Å². The lowest BCUT2D eigenvalue weighted by atomic mass is 10.0. The molecule has 33 heavy (non-hydrogen) atoms. The van der Waals surface area contributed by atoms with E-state index in [-0.39, 0.29) is 27.6 Å². The number of rotatable bonds is 7. The van der Waals surface area contributed by atoms with Gasteiger partial charge in [0.05, 0.1) is 48.5 Å². The third-order valence-corrected chi connectivity index (χ3v) is 5.58. The van der Waals surface area contributed by atoms with Crippen LogP contribution in [-0.4, -0.2) is 60.0 Å². The lowest BCUT2D eigenvalue weighted by Gasteiger charge is -2.26. The predicted molar refractivity (Wildman–Crippen MR) is 120 cm³/mol. The van der Waals surface area contributed by atoms with Crippen LogP contribution in [0.4, 0.5) is 10.1 Å². The van der Waals surface area contributed by atoms with Gasteiger partial charge in [-0.2, -0.15) is 0 Å². The second-order valence-corrected chi connectivity index (χ2v) is 7.86. The summed E-state index contributed by atoms with van der Waals surface area (Å²) in [5.74, 6) is -2.08. The van der Waals surface area contributed by atoms with Gasteiger partial charge in [0.25, 0.3) is 5.91 Å². The predicted octanol–water partition coefficient (Wildman–Crippen LogP) is 3.53. The minimum atomic E-state index is -0.856. The quantitative estimate of drug-likeness (QED) is 0.511. The first-order chi connectivity index (χ1) is 16.0. The van der Waals surface area contributed by atoms with Crippen LogP contribution in [0.25, 0.3) is 0 Å². The SMILES string of the molecule is COc1ccc(Cl)c(C(=O)c2c[nH]c(C(=O)Nc3ccc(CN4CCOCC4)nc3)c2)c1F. The lowest BCUT2D eigenvalue weighted by Crippen LogP contribution is -2.35. The molecule has 3 aromatic rings. The fourth-order valence-corrected chi connectivity index (χ4v) is 3.71. The van der Waals surface area contributed by atoms with E-state index < -0.39 is 17.5 Å². The molecular weight excluding hydrogens is 451 g/mol. The number of H-pyrrole nitrogens is 1. The highest BCUT2D eigenvalue weighted by Crippen LogP contribution is 2.29. The Labute approximate surface area is 194 Å². The zero-order chi connectivity index (χ0) is 23.4. The van der Waals surface area contributed by atoms with E-state index in [4.69, 9.17) is 21.1 Å². The first-order valence-corrected chi connectivity index (χ1v) is 10.7. The van der Waals surface area contributed by atoms with E-state index in [9.17, 15) is 14.0 Å². The van der Waals surface area contributed by atoms with Crippen molar-refractivity contribution >= 4 is 29.0 Å². The molecule has 2 aromatic heterocycles. The fourth-order valence-electron chi connectivity index (χ4n) is 3.48. The number of benzene rings is 1. The Morgan fingerprint density at radius 2 is 2.06 bits per heavy atom. The third-order valence-electron chi connectivity index (χ3n) is 5.26. The van der Waals surface area contributed by atoms with Crippen molar-refractivity contribution in [1.82, 2.24) is 14.9 Å². The van der Waals surface area contributed by atoms with E-state index in [1.807, 2.05) is 6.07 Å². The molecule has 0 bridgehead atoms. The molecular formula is C23H22ClFN4O4. The summed E-state index contributed by atoms with van der Waals surface area (Å²) < 4.78 is 24.8. The van der Waals surface area contributed by atoms with Crippen LogP contribution in [-0.2, 0) is 11.3 Å². The summed E-state index contributed by atoms with van der Waals surface area (Å²) in [5, 5.41) is 2.68. The van der Waals surface area contributed by atoms with E-state index in [2.05, 4.69) is 20.2 Å². The number of methoxy groups -OCH3 is 1. The second kappa shape index (κ2) is 10.1. The van der Waals surface area contributed by atoms with Gasteiger partial charge >= 0.3 is 0 Å². The zero-order valence-electron chi connectivity index (χ0n) is 17.9. The van der Waals surface area contributed by atoms with Crippen LogP contribution >= 0.6 is 11.6 Å². The van der Waals surface area contributed by atoms with Crippen molar-refractivity contribution in [2.24, 2.45) is 0 Å². The zero-order valence-corrected chi connectivity index (χ0v) is 18.6. The van der Waals surface area contributed by atoms with E-state index in [1.54, 1.807) is 12.3 Å². The lowest BCUT2D eigenvalue weighted by molar-refractivity contribution is 0.0336. The van der Waals surface area contributed by atoms with Gasteiger partial charge in [0, 0.05) is 31.4 Å². The van der Waals surface area contributed by atoms with Crippen LogP contribution in [0.2, 0.25) is 5.02 Å². The number of aromatic amines is 1. The van der Waals surface area contributed by atoms with Crippen molar-refractivity contribution < 1.29 is 23.5 Å². The number of nitrogens with zero attached hydrogens (tertiary/aromatic N) is 2. The van der Waals surface area contributed by atoms with Gasteiger partial charge in [-0.25, -0.2) is 4.39 Å². The highest BCUT2D eigenvalue weighted by molar-refractivity contribution is 6.35. The van der Waals surface area contributed by atoms with Crippen LogP contribution in [0.5, 0.6) is 5.75 Å². The number of hydrogen-bond donors (Lipinski definition) is 2. The summed E-state index contributed by atoms with van der Waals surface area (Å²) in [5.41, 5.74) is 1.31. The van der Waals surface area contributed by atoms with E-state index in [0.29, 0.717) is 25.4 Å². The van der Waals surface area contributed by atoms with Crippen LogP contribution in [0, 0.1) is 5.82 Å². The summed E-state index contributed by atoms with van der Waals surface area (Å²) in [7, 11) is 1.29. The Morgan fingerprint density at radius 1 is 1.27 bits per heavy atom. The summed E-state index contributed by atoms with van der Waals surface area (Å²) in [6, 6.07) is 7.67. The van der Waals surface area contributed by atoms with Crippen molar-refractivity contribution in [3.05, 3.63) is 76.1 Å². The van der Waals surface area contributed by atoms with Gasteiger partial charge in [-0.15, -0.1) is 0 Å². The fraction of sp³-hybridized carbons (Fsp3) is 0.261. The summed E-state index contributed by atoms with van der Waals surface area (Å²) in [6.07, 6.45) is 2.91. The van der Waals surface area contributed by atoms with Crippen molar-refractivity contribution in [3.63, 3.8) is 0 Å². The molecule has 10 heteroatoms. The summed E-state index contributed by atoms with van der Waals surface area (Å²) in [4.78, 5) is 34.8. The maximum absolute atomic E-state index is 14.6. The first-order valence-electron chi connectivity index (χ1n) is 10.3. The molecule has 0 radical (unpaired) electrons. The van der Waals surface area contributed by atoms with Gasteiger partial charge in [-0.3, -0.25) is 19.5 Å². The van der Waals surface area contributed by atoms with Crippen molar-refractivity contribution in [2.75, 3.05) is 38.7 Å². The maximum atomic E-state index is 14.6. The molecule has 3 heterocycles. The van der Waals surface area contributed by atoms with Crippen molar-refractivity contribution in [1.29, 1.82) is 0 Å². The first kappa shape index (κ1) is 22.9. The average molecular weight is 473 g/mol. The monoisotopic (exact) mass is 472 g/mol. The molecule has 172 valence electrons. The van der Waals surface area contributed by atoms with Gasteiger partial charge < -0.3 is 19.8 Å². The minimum absolute atomic E-state index is 0.0475. The van der Waals surface area contributed by atoms with Crippen molar-refractivity contribution in [3.8, 4) is 5.75 Å². The minimum Gasteiger partial charge on any atom is -0.494 e. The molecule has 1 saturated heterocycles. The topological polar surface area (TPSA) is 96.5 Å². The van der Waals surface area contributed by atoms with Gasteiger partial charge in [0.15, 0.2) is 17.3 Å². The number of ether oxygens (including phenoxy) is 2. The Hall–Kier alpha value is -3.27. The number of carbonyl (C=O) groups is 2. The molecule has 0 spiro atoms. The Balaban J connectivity index is 1.42. The maximum Gasteiger partial charge on any atom is 0.272 e. The number of aromatic nitrogens is 2. The molecule has 1 fully saturated rings. The smallest absolute Gasteiger partial charge is 0.272 e. The molecule has 1 aliphatic heterocycles. The second-order valence-electron chi connectivity index (χ2n) is 7.45. The Bertz CT molecular complexity index is 1160. The van der Waals surface area contributed by atoms with E-state index in [1.165, 1.54) is 31.5 Å². The number of ketones is 1. The largest absolute Gasteiger partial charge is 0.494 e. The number of nitrogens with one attached hydrogen (secondary N) is 2. The number of hydrogen-bond acceptors (Lipinski definition) is 6. The highest BCUT2D eigenvalue weighted by Gasteiger charge is 2.23. The molecule has 0 saturated carbocycles. The molecule has 8 nitrogen and oxygen atoms in total. The molecule has 1 amide bonds. The Morgan fingerprint density at radius 3 is 2.76 bits per heavy atom. The van der Waals surface area contributed by atoms with Gasteiger partial charge in [-0.1, -0.05) is 11.6 Å². The summed E-state index contributed by atoms with van der Waals surface area (Å²) in [6.45, 7) is 3.86. The normalized spacial score (nSPS) is 14.2. The third kappa shape index (κ3) is 5.22. The number of amides is 1. The number of carbonyl (C=O) groups excluding carboxylic acids is 2. The van der Waals surface area contributed by atoms with Gasteiger partial charge in [0.1, 0.15) is 5.69 Å². The van der Waals surface area contributed by atoms with Crippen LogP contribution in [0.15, 0.2) is 42.7 Å². The molecule has 0 aliphatic carbocycles. The van der Waals surface area contributed by atoms with Crippen LogP contribution < -0.4 is 10.1 Å². The number of halogens is 2. The van der Waals surface area contributed by atoms with Gasteiger partial charge in [-0.05, 0) is 30.3 Å². The standard InChI is InChI=1S/C23H22ClFN4O4/c1-32-19-5-4-17(24)20(21(19)25)22(30)14-10-18(27-11-14)23(31)28-15-2-3-16(26-12-15)13-29-6-8-33-9-7-29/h2-5,10-12,27H,6-9,13H2,1H3,(H,28,31). The molecule has 0 unspecified atom stereocenters. The molecule has 2 N–H and O–H groups in total. The number of anilines is 1. The van der Waals surface area contributed by atoms with Gasteiger partial charge in [0.2, 0.25) is 0 Å². The highest BCUT2D eigenvalue weighted by atomic mass is 35.5. The van der Waals surface area contributed by atoms with E-state index >= 15 is 0 Å².